The van der Waals surface area contributed by atoms with Gasteiger partial charge in [-0.15, -0.1) is 6.58 Å². The van der Waals surface area contributed by atoms with Crippen molar-refractivity contribution in [2.75, 3.05) is 13.2 Å². The first kappa shape index (κ1) is 39.1. The number of carbonyl (C=O) groups excluding carboxylic acids is 4. The summed E-state index contributed by atoms with van der Waals surface area (Å²) in [6.45, 7) is 8.12. The molecule has 2 aliphatic heterocycles. The SMILES string of the molecule is C=C[C@@H]1C[C@]1(NC(=O)[C@@H]1C[C@@H]2CN1C(=O)[C@H](C1CCCCC1)NC(=O)OCC(C)(C)CCCc1ccc3c(c1)c(nc1ccccc13)O2)C(=O)NS(=O)(=O)C1CC1. The first-order valence-electron chi connectivity index (χ1n) is 20.5. The molecule has 5 atom stereocenters. The first-order chi connectivity index (χ1) is 27.3. The zero-order chi connectivity index (χ0) is 40.1. The molecule has 304 valence electrons. The normalized spacial score (nSPS) is 28.4. The van der Waals surface area contributed by atoms with E-state index < -0.39 is 68.7 Å². The largest absolute Gasteiger partial charge is 0.472 e. The molecule has 0 radical (unpaired) electrons. The number of fused-ring (bicyclic) bond motifs is 5. The number of sulfonamides is 1. The molecule has 4 fully saturated rings. The van der Waals surface area contributed by atoms with Gasteiger partial charge in [-0.2, -0.15) is 0 Å². The smallest absolute Gasteiger partial charge is 0.407 e. The van der Waals surface area contributed by atoms with Gasteiger partial charge in [0.25, 0.3) is 5.91 Å². The van der Waals surface area contributed by atoms with Gasteiger partial charge < -0.3 is 25.0 Å². The number of nitrogens with one attached hydrogen (secondary N) is 3. The molecule has 2 aromatic carbocycles. The van der Waals surface area contributed by atoms with Gasteiger partial charge in [0.1, 0.15) is 23.7 Å². The number of aromatic nitrogens is 1. The van der Waals surface area contributed by atoms with Crippen LogP contribution in [0, 0.1) is 17.3 Å². The van der Waals surface area contributed by atoms with E-state index in [0.717, 1.165) is 78.6 Å². The lowest BCUT2D eigenvalue weighted by Crippen LogP contribution is -2.59. The Bertz CT molecular complexity index is 2220. The molecule has 3 heterocycles. The number of nitrogens with zero attached hydrogens (tertiary/aromatic N) is 2. The average Bonchev–Trinajstić information content (AvgIpc) is 4.13. The Morgan fingerprint density at radius 2 is 1.77 bits per heavy atom. The van der Waals surface area contributed by atoms with E-state index in [9.17, 15) is 27.6 Å². The molecular formula is C43H53N5O8S. The van der Waals surface area contributed by atoms with Gasteiger partial charge in [0, 0.05) is 23.1 Å². The summed E-state index contributed by atoms with van der Waals surface area (Å²) in [4.78, 5) is 63.1. The first-order valence-corrected chi connectivity index (χ1v) is 22.0. The molecule has 14 heteroatoms. The zero-order valence-corrected chi connectivity index (χ0v) is 33.6. The van der Waals surface area contributed by atoms with Crippen LogP contribution in [-0.2, 0) is 35.6 Å². The van der Waals surface area contributed by atoms with Crippen molar-refractivity contribution in [1.29, 1.82) is 0 Å². The third-order valence-electron chi connectivity index (χ3n) is 12.7. The number of para-hydroxylation sites is 1. The van der Waals surface area contributed by atoms with Crippen LogP contribution in [0.1, 0.15) is 90.0 Å². The summed E-state index contributed by atoms with van der Waals surface area (Å²) in [6, 6.07) is 12.1. The molecule has 3 aromatic rings. The predicted octanol–water partition coefficient (Wildman–Crippen LogP) is 5.44. The molecule has 57 heavy (non-hydrogen) atoms. The number of cyclic esters (lactones) is 1. The van der Waals surface area contributed by atoms with Gasteiger partial charge in [-0.3, -0.25) is 19.1 Å². The van der Waals surface area contributed by atoms with Crippen LogP contribution >= 0.6 is 0 Å². The summed E-state index contributed by atoms with van der Waals surface area (Å²) in [5, 5.41) is 7.93. The highest BCUT2D eigenvalue weighted by atomic mass is 32.2. The van der Waals surface area contributed by atoms with Crippen LogP contribution in [0.25, 0.3) is 21.7 Å². The van der Waals surface area contributed by atoms with Crippen LogP contribution in [0.4, 0.5) is 4.79 Å². The Balaban J connectivity index is 1.16. The number of ether oxygens (including phenoxy) is 2. The van der Waals surface area contributed by atoms with Gasteiger partial charge in [-0.25, -0.2) is 18.2 Å². The summed E-state index contributed by atoms with van der Waals surface area (Å²) < 4.78 is 40.4. The number of benzene rings is 2. The maximum Gasteiger partial charge on any atom is 0.407 e. The Morgan fingerprint density at radius 3 is 2.51 bits per heavy atom. The predicted molar refractivity (Wildman–Crippen MR) is 215 cm³/mol. The zero-order valence-electron chi connectivity index (χ0n) is 32.8. The summed E-state index contributed by atoms with van der Waals surface area (Å²) in [5.74, 6) is -2.16. The van der Waals surface area contributed by atoms with Crippen molar-refractivity contribution in [3.63, 3.8) is 0 Å². The summed E-state index contributed by atoms with van der Waals surface area (Å²) >= 11 is 0. The number of pyridine rings is 1. The van der Waals surface area contributed by atoms with Crippen molar-refractivity contribution in [1.82, 2.24) is 25.2 Å². The second-order valence-corrected chi connectivity index (χ2v) is 19.6. The van der Waals surface area contributed by atoms with Gasteiger partial charge in [0.05, 0.1) is 23.9 Å². The quantitative estimate of drug-likeness (QED) is 0.208. The molecule has 8 rings (SSSR count). The Hall–Kier alpha value is -4.72. The summed E-state index contributed by atoms with van der Waals surface area (Å²) in [5.41, 5.74) is -0.0157. The van der Waals surface area contributed by atoms with E-state index in [-0.39, 0.29) is 37.3 Å². The average molecular weight is 800 g/mol. The fourth-order valence-corrected chi connectivity index (χ4v) is 10.4. The lowest BCUT2D eigenvalue weighted by Gasteiger charge is -2.35. The van der Waals surface area contributed by atoms with E-state index in [2.05, 4.69) is 54.0 Å². The van der Waals surface area contributed by atoms with Crippen molar-refractivity contribution in [3.8, 4) is 5.88 Å². The molecule has 5 aliphatic rings. The highest BCUT2D eigenvalue weighted by molar-refractivity contribution is 7.91. The minimum absolute atomic E-state index is 0.0136. The van der Waals surface area contributed by atoms with Crippen molar-refractivity contribution in [2.24, 2.45) is 17.3 Å². The van der Waals surface area contributed by atoms with E-state index in [1.807, 2.05) is 24.3 Å². The van der Waals surface area contributed by atoms with Crippen molar-refractivity contribution >= 4 is 55.5 Å². The van der Waals surface area contributed by atoms with Gasteiger partial charge in [0.15, 0.2) is 0 Å². The number of hydrogen-bond acceptors (Lipinski definition) is 9. The van der Waals surface area contributed by atoms with Gasteiger partial charge in [0.2, 0.25) is 27.7 Å². The third-order valence-corrected chi connectivity index (χ3v) is 14.5. The summed E-state index contributed by atoms with van der Waals surface area (Å²) in [6.07, 6.45) is 8.07. The fraction of sp³-hybridized carbons (Fsp3) is 0.558. The lowest BCUT2D eigenvalue weighted by atomic mass is 9.83. The molecule has 3 aliphatic carbocycles. The van der Waals surface area contributed by atoms with Crippen LogP contribution < -0.4 is 20.1 Å². The number of amides is 4. The summed E-state index contributed by atoms with van der Waals surface area (Å²) in [7, 11) is -3.90. The maximum atomic E-state index is 14.9. The second-order valence-electron chi connectivity index (χ2n) is 17.6. The Kier molecular flexibility index (Phi) is 10.4. The van der Waals surface area contributed by atoms with Crippen LogP contribution in [-0.4, -0.2) is 84.2 Å². The minimum atomic E-state index is -3.90. The van der Waals surface area contributed by atoms with E-state index in [1.54, 1.807) is 0 Å². The second kappa shape index (κ2) is 15.2. The highest BCUT2D eigenvalue weighted by Gasteiger charge is 2.62. The van der Waals surface area contributed by atoms with Crippen LogP contribution in [0.15, 0.2) is 55.1 Å². The van der Waals surface area contributed by atoms with Crippen molar-refractivity contribution < 1.29 is 37.1 Å². The lowest BCUT2D eigenvalue weighted by molar-refractivity contribution is -0.142. The molecular weight excluding hydrogens is 747 g/mol. The number of aryl methyl sites for hydroxylation is 1. The van der Waals surface area contributed by atoms with E-state index in [1.165, 1.54) is 11.0 Å². The van der Waals surface area contributed by atoms with Gasteiger partial charge in [-0.05, 0) is 85.8 Å². The maximum absolute atomic E-state index is 14.9. The van der Waals surface area contributed by atoms with Crippen LogP contribution in [0.2, 0.25) is 0 Å². The van der Waals surface area contributed by atoms with E-state index in [4.69, 9.17) is 14.5 Å². The standard InChI is InChI=1S/C43H53N5O8S/c1-4-28-23-43(28,40(51)47-57(53,54)30-17-18-30)46-37(49)35-22-29-24-48(35)39(50)36(27-12-6-5-7-13-27)45-41(52)55-25-42(2,3)20-10-11-26-16-19-31-32-14-8-9-15-34(32)44-38(56-29)33(31)21-26/h4,8-9,14-16,19,21,27-30,35-36H,1,5-7,10-13,17-18,20,22-25H2,2-3H3,(H,45,52)(H,46,49)(H,47,51)/t28-,29-,35+,36+,43-/m1/s1. The molecule has 3 saturated carbocycles. The molecule has 13 nitrogen and oxygen atoms in total. The highest BCUT2D eigenvalue weighted by Crippen LogP contribution is 2.46. The number of carbonyl (C=O) groups is 4. The van der Waals surface area contributed by atoms with E-state index in [0.29, 0.717) is 18.7 Å². The molecule has 1 aromatic heterocycles. The monoisotopic (exact) mass is 799 g/mol. The van der Waals surface area contributed by atoms with Gasteiger partial charge >= 0.3 is 6.09 Å². The van der Waals surface area contributed by atoms with Gasteiger partial charge in [-0.1, -0.05) is 69.5 Å². The van der Waals surface area contributed by atoms with Crippen molar-refractivity contribution in [2.45, 2.75) is 120 Å². The molecule has 3 N–H and O–H groups in total. The Labute approximate surface area is 333 Å². The number of hydrogen-bond donors (Lipinski definition) is 3. The fourth-order valence-electron chi connectivity index (χ4n) is 9.07. The number of rotatable bonds is 7. The molecule has 4 bridgehead atoms. The molecule has 4 amide bonds. The Morgan fingerprint density at radius 1 is 1.00 bits per heavy atom. The van der Waals surface area contributed by atoms with E-state index >= 15 is 0 Å². The molecule has 0 spiro atoms. The minimum Gasteiger partial charge on any atom is -0.472 e. The van der Waals surface area contributed by atoms with Crippen molar-refractivity contribution in [3.05, 3.63) is 60.7 Å². The molecule has 1 saturated heterocycles. The number of alkyl carbamates (subject to hydrolysis) is 1. The van der Waals surface area contributed by atoms with Crippen LogP contribution in [0.5, 0.6) is 5.88 Å². The third kappa shape index (κ3) is 8.06. The van der Waals surface area contributed by atoms with Crippen LogP contribution in [0.3, 0.4) is 0 Å². The topological polar surface area (TPSA) is 173 Å². The molecule has 0 unspecified atom stereocenters.